The van der Waals surface area contributed by atoms with E-state index >= 15 is 0 Å². The predicted octanol–water partition coefficient (Wildman–Crippen LogP) is 5.09. The molecule has 0 aromatic heterocycles. The molecule has 2 aromatic carbocycles. The summed E-state index contributed by atoms with van der Waals surface area (Å²) in [6.07, 6.45) is -4.25. The highest BCUT2D eigenvalue weighted by Crippen LogP contribution is 2.29. The quantitative estimate of drug-likeness (QED) is 0.602. The first-order valence-electron chi connectivity index (χ1n) is 7.85. The molecular weight excluding hydrogens is 411 g/mol. The third kappa shape index (κ3) is 5.69. The van der Waals surface area contributed by atoms with Gasteiger partial charge in [-0.1, -0.05) is 40.2 Å². The van der Waals surface area contributed by atoms with E-state index < -0.39 is 11.7 Å². The molecule has 0 unspecified atom stereocenters. The van der Waals surface area contributed by atoms with E-state index in [1.165, 1.54) is 17.0 Å². The van der Waals surface area contributed by atoms with Gasteiger partial charge < -0.3 is 4.90 Å². The van der Waals surface area contributed by atoms with Gasteiger partial charge in [0.15, 0.2) is 5.78 Å². The first kappa shape index (κ1) is 20.2. The largest absolute Gasteiger partial charge is 0.416 e. The van der Waals surface area contributed by atoms with Gasteiger partial charge >= 0.3 is 6.18 Å². The van der Waals surface area contributed by atoms with Crippen LogP contribution in [0.2, 0.25) is 0 Å². The minimum absolute atomic E-state index is 0.0477. The molecule has 138 valence electrons. The summed E-state index contributed by atoms with van der Waals surface area (Å²) >= 11 is 3.29. The molecule has 3 nitrogen and oxygen atoms in total. The normalized spacial score (nSPS) is 11.3. The van der Waals surface area contributed by atoms with Crippen molar-refractivity contribution in [1.29, 1.82) is 0 Å². The zero-order valence-corrected chi connectivity index (χ0v) is 15.6. The number of alkyl halides is 3. The van der Waals surface area contributed by atoms with Crippen molar-refractivity contribution in [1.82, 2.24) is 4.90 Å². The number of carbonyl (C=O) groups is 2. The van der Waals surface area contributed by atoms with E-state index in [9.17, 15) is 22.8 Å². The highest BCUT2D eigenvalue weighted by Gasteiger charge is 2.30. The fourth-order valence-corrected chi connectivity index (χ4v) is 2.62. The number of rotatable bonds is 6. The molecule has 7 heteroatoms. The molecule has 1 amide bonds. The van der Waals surface area contributed by atoms with Gasteiger partial charge in [0.25, 0.3) is 0 Å². The number of Topliss-reactive ketones (excluding diaryl/α,β-unsaturated/α-hetero) is 1. The Hall–Kier alpha value is -2.15. The molecule has 0 saturated carbocycles. The van der Waals surface area contributed by atoms with Crippen LogP contribution in [0.25, 0.3) is 0 Å². The van der Waals surface area contributed by atoms with E-state index in [0.29, 0.717) is 11.1 Å². The van der Waals surface area contributed by atoms with Gasteiger partial charge in [0.05, 0.1) is 5.56 Å². The van der Waals surface area contributed by atoms with Crippen molar-refractivity contribution < 1.29 is 22.8 Å². The lowest BCUT2D eigenvalue weighted by molar-refractivity contribution is -0.137. The van der Waals surface area contributed by atoms with Gasteiger partial charge in [-0.3, -0.25) is 9.59 Å². The molecule has 0 N–H and O–H groups in total. The Morgan fingerprint density at radius 3 is 2.08 bits per heavy atom. The Kier molecular flexibility index (Phi) is 6.58. The molecule has 0 aliphatic carbocycles. The van der Waals surface area contributed by atoms with Crippen molar-refractivity contribution >= 4 is 27.6 Å². The van der Waals surface area contributed by atoms with Gasteiger partial charge in [-0.15, -0.1) is 0 Å². The molecule has 0 atom stereocenters. The van der Waals surface area contributed by atoms with Crippen LogP contribution in [0, 0.1) is 0 Å². The zero-order chi connectivity index (χ0) is 19.3. The lowest BCUT2D eigenvalue weighted by atomic mass is 10.1. The van der Waals surface area contributed by atoms with Crippen LogP contribution in [0.15, 0.2) is 53.0 Å². The monoisotopic (exact) mass is 427 g/mol. The van der Waals surface area contributed by atoms with Gasteiger partial charge in [0.1, 0.15) is 0 Å². The Morgan fingerprint density at radius 1 is 0.962 bits per heavy atom. The lowest BCUT2D eigenvalue weighted by Crippen LogP contribution is -2.26. The highest BCUT2D eigenvalue weighted by molar-refractivity contribution is 9.10. The van der Waals surface area contributed by atoms with Gasteiger partial charge in [0, 0.05) is 36.5 Å². The van der Waals surface area contributed by atoms with Crippen molar-refractivity contribution in [3.63, 3.8) is 0 Å². The van der Waals surface area contributed by atoms with E-state index in [2.05, 4.69) is 15.9 Å². The van der Waals surface area contributed by atoms with E-state index in [4.69, 9.17) is 0 Å². The molecule has 0 aliphatic rings. The summed E-state index contributed by atoms with van der Waals surface area (Å²) in [4.78, 5) is 25.6. The predicted molar refractivity (Wildman–Crippen MR) is 95.6 cm³/mol. The van der Waals surface area contributed by atoms with Crippen LogP contribution in [-0.2, 0) is 17.5 Å². The Bertz CT molecular complexity index is 771. The third-order valence-electron chi connectivity index (χ3n) is 3.86. The van der Waals surface area contributed by atoms with E-state index in [0.717, 1.165) is 16.6 Å². The molecule has 0 radical (unpaired) electrons. The molecule has 0 heterocycles. The van der Waals surface area contributed by atoms with Gasteiger partial charge in [-0.2, -0.15) is 13.2 Å². The zero-order valence-electron chi connectivity index (χ0n) is 14.0. The maximum atomic E-state index is 12.5. The van der Waals surface area contributed by atoms with Gasteiger partial charge in [0.2, 0.25) is 5.91 Å². The summed E-state index contributed by atoms with van der Waals surface area (Å²) in [6, 6.07) is 11.6. The smallest absolute Gasteiger partial charge is 0.341 e. The molecule has 2 aromatic rings. The topological polar surface area (TPSA) is 37.4 Å². The molecule has 0 fully saturated rings. The maximum absolute atomic E-state index is 12.5. The number of hydrogen-bond acceptors (Lipinski definition) is 2. The SMILES string of the molecule is CN(Cc1ccc(C(F)(F)F)cc1)C(=O)CCC(=O)c1ccc(Br)cc1. The Labute approximate surface area is 157 Å². The van der Waals surface area contributed by atoms with Crippen LogP contribution in [-0.4, -0.2) is 23.6 Å². The van der Waals surface area contributed by atoms with Crippen LogP contribution in [0.4, 0.5) is 13.2 Å². The van der Waals surface area contributed by atoms with Crippen LogP contribution in [0.1, 0.15) is 34.3 Å². The molecular formula is C19H17BrF3NO2. The first-order chi connectivity index (χ1) is 12.2. The van der Waals surface area contributed by atoms with Crippen molar-refractivity contribution in [2.24, 2.45) is 0 Å². The fraction of sp³-hybridized carbons (Fsp3) is 0.263. The summed E-state index contributed by atoms with van der Waals surface area (Å²) in [5.74, 6) is -0.371. The van der Waals surface area contributed by atoms with Crippen molar-refractivity contribution in [3.8, 4) is 0 Å². The maximum Gasteiger partial charge on any atom is 0.416 e. The Balaban J connectivity index is 1.87. The number of carbonyl (C=O) groups excluding carboxylic acids is 2. The number of benzene rings is 2. The van der Waals surface area contributed by atoms with Crippen molar-refractivity contribution in [3.05, 3.63) is 69.7 Å². The summed E-state index contributed by atoms with van der Waals surface area (Å²) < 4.78 is 38.5. The second-order valence-electron chi connectivity index (χ2n) is 5.87. The third-order valence-corrected chi connectivity index (χ3v) is 4.39. The molecule has 2 rings (SSSR count). The lowest BCUT2D eigenvalue weighted by Gasteiger charge is -2.17. The van der Waals surface area contributed by atoms with Crippen molar-refractivity contribution in [2.45, 2.75) is 25.6 Å². The average Bonchev–Trinajstić information content (AvgIpc) is 2.59. The molecule has 26 heavy (non-hydrogen) atoms. The first-order valence-corrected chi connectivity index (χ1v) is 8.65. The standard InChI is InChI=1S/C19H17BrF3NO2/c1-24(12-13-2-6-15(7-3-13)19(21,22)23)18(26)11-10-17(25)14-4-8-16(20)9-5-14/h2-9H,10-12H2,1H3. The minimum Gasteiger partial charge on any atom is -0.341 e. The molecule has 0 aliphatic heterocycles. The minimum atomic E-state index is -4.38. The summed E-state index contributed by atoms with van der Waals surface area (Å²) in [5, 5.41) is 0. The second kappa shape index (κ2) is 8.49. The molecule has 0 saturated heterocycles. The molecule has 0 spiro atoms. The van der Waals surface area contributed by atoms with Crippen LogP contribution in [0.3, 0.4) is 0 Å². The van der Waals surface area contributed by atoms with Crippen LogP contribution in [0.5, 0.6) is 0 Å². The number of hydrogen-bond donors (Lipinski definition) is 0. The average molecular weight is 428 g/mol. The van der Waals surface area contributed by atoms with Crippen LogP contribution >= 0.6 is 15.9 Å². The summed E-state index contributed by atoms with van der Waals surface area (Å²) in [6.45, 7) is 0.184. The number of nitrogens with zero attached hydrogens (tertiary/aromatic N) is 1. The van der Waals surface area contributed by atoms with E-state index in [1.807, 2.05) is 0 Å². The van der Waals surface area contributed by atoms with Gasteiger partial charge in [-0.05, 0) is 29.8 Å². The van der Waals surface area contributed by atoms with Gasteiger partial charge in [-0.25, -0.2) is 0 Å². The Morgan fingerprint density at radius 2 is 1.54 bits per heavy atom. The number of ketones is 1. The van der Waals surface area contributed by atoms with E-state index in [1.54, 1.807) is 31.3 Å². The summed E-state index contributed by atoms with van der Waals surface area (Å²) in [7, 11) is 1.56. The highest BCUT2D eigenvalue weighted by atomic mass is 79.9. The molecule has 0 bridgehead atoms. The van der Waals surface area contributed by atoms with E-state index in [-0.39, 0.29) is 31.1 Å². The fourth-order valence-electron chi connectivity index (χ4n) is 2.35. The number of halogens is 4. The summed E-state index contributed by atoms with van der Waals surface area (Å²) in [5.41, 5.74) is 0.398. The number of amides is 1. The van der Waals surface area contributed by atoms with Crippen molar-refractivity contribution in [2.75, 3.05) is 7.05 Å². The second-order valence-corrected chi connectivity index (χ2v) is 6.79. The van der Waals surface area contributed by atoms with Crippen LogP contribution < -0.4 is 0 Å².